The fourth-order valence-electron chi connectivity index (χ4n) is 1.19. The number of aliphatic hydroxyl groups is 2. The van der Waals surface area contributed by atoms with Crippen LogP contribution >= 0.6 is 0 Å². The molecule has 0 aliphatic heterocycles. The van der Waals surface area contributed by atoms with Crippen molar-refractivity contribution in [3.8, 4) is 6.07 Å². The van der Waals surface area contributed by atoms with Crippen LogP contribution in [-0.4, -0.2) is 22.9 Å². The molecule has 0 fully saturated rings. The molecule has 80 valence electrons. The second-order valence-corrected chi connectivity index (χ2v) is 3.09. The molecule has 2 N–H and O–H groups in total. The molecule has 0 saturated carbocycles. The summed E-state index contributed by atoms with van der Waals surface area (Å²) in [6, 6.07) is 3.34. The number of nitrogens with zero attached hydrogens (tertiary/aromatic N) is 1. The molecule has 0 amide bonds. The number of rotatable bonds is 3. The first-order chi connectivity index (χ1) is 7.08. The van der Waals surface area contributed by atoms with Gasteiger partial charge in [-0.15, -0.1) is 0 Å². The molecule has 15 heavy (non-hydrogen) atoms. The minimum Gasteiger partial charge on any atom is -0.394 e. The van der Waals surface area contributed by atoms with Crippen LogP contribution in [0.3, 0.4) is 0 Å². The van der Waals surface area contributed by atoms with Gasteiger partial charge < -0.3 is 10.2 Å². The Morgan fingerprint density at radius 2 is 1.87 bits per heavy atom. The SMILES string of the molecule is N#Cc1c(F)cc(CC(O)CO)cc1F. The van der Waals surface area contributed by atoms with E-state index in [-0.39, 0.29) is 12.0 Å². The fourth-order valence-corrected chi connectivity index (χ4v) is 1.19. The Bertz CT molecular complexity index is 378. The predicted molar refractivity (Wildman–Crippen MR) is 47.9 cm³/mol. The summed E-state index contributed by atoms with van der Waals surface area (Å²) < 4.78 is 26.1. The molecule has 0 aliphatic rings. The second-order valence-electron chi connectivity index (χ2n) is 3.09. The van der Waals surface area contributed by atoms with Crippen LogP contribution in [0, 0.1) is 23.0 Å². The molecule has 0 spiro atoms. The highest BCUT2D eigenvalue weighted by Gasteiger charge is 2.12. The Kier molecular flexibility index (Phi) is 3.72. The summed E-state index contributed by atoms with van der Waals surface area (Å²) in [5.41, 5.74) is -0.442. The summed E-state index contributed by atoms with van der Waals surface area (Å²) in [5.74, 6) is -1.92. The average Bonchev–Trinajstić information content (AvgIpc) is 2.17. The van der Waals surface area contributed by atoms with Gasteiger partial charge in [0.25, 0.3) is 0 Å². The standard InChI is InChI=1S/C10H9F2NO2/c11-9-2-6(1-7(15)5-14)3-10(12)8(9)4-13/h2-3,7,14-15H,1,5H2. The molecule has 0 radical (unpaired) electrons. The van der Waals surface area contributed by atoms with E-state index in [1.807, 2.05) is 0 Å². The van der Waals surface area contributed by atoms with Gasteiger partial charge in [-0.25, -0.2) is 8.78 Å². The summed E-state index contributed by atoms with van der Waals surface area (Å²) in [6.07, 6.45) is -1.12. The molecule has 0 aliphatic carbocycles. The largest absolute Gasteiger partial charge is 0.394 e. The summed E-state index contributed by atoms with van der Waals surface area (Å²) in [5, 5.41) is 26.0. The van der Waals surface area contributed by atoms with E-state index in [2.05, 4.69) is 0 Å². The Morgan fingerprint density at radius 3 is 2.27 bits per heavy atom. The molecular weight excluding hydrogens is 204 g/mol. The number of nitriles is 1. The molecule has 0 heterocycles. The smallest absolute Gasteiger partial charge is 0.144 e. The van der Waals surface area contributed by atoms with Crippen molar-refractivity contribution >= 4 is 0 Å². The van der Waals surface area contributed by atoms with Crippen LogP contribution in [0.2, 0.25) is 0 Å². The molecule has 0 saturated heterocycles. The fraction of sp³-hybridized carbons (Fsp3) is 0.300. The molecular formula is C10H9F2NO2. The predicted octanol–water partition coefficient (Wildman–Crippen LogP) is 0.732. The van der Waals surface area contributed by atoms with Crippen LogP contribution < -0.4 is 0 Å². The minimum atomic E-state index is -1.06. The highest BCUT2D eigenvalue weighted by molar-refractivity contribution is 5.35. The van der Waals surface area contributed by atoms with E-state index < -0.39 is 29.9 Å². The number of benzene rings is 1. The van der Waals surface area contributed by atoms with Gasteiger partial charge in [0, 0.05) is 6.42 Å². The maximum Gasteiger partial charge on any atom is 0.144 e. The topological polar surface area (TPSA) is 64.2 Å². The van der Waals surface area contributed by atoms with Gasteiger partial charge in [-0.1, -0.05) is 0 Å². The quantitative estimate of drug-likeness (QED) is 0.778. The monoisotopic (exact) mass is 213 g/mol. The van der Waals surface area contributed by atoms with Crippen molar-refractivity contribution in [2.45, 2.75) is 12.5 Å². The van der Waals surface area contributed by atoms with Gasteiger partial charge in [0.15, 0.2) is 0 Å². The zero-order valence-corrected chi connectivity index (χ0v) is 7.74. The van der Waals surface area contributed by atoms with Gasteiger partial charge in [0.1, 0.15) is 23.3 Å². The zero-order valence-electron chi connectivity index (χ0n) is 7.74. The van der Waals surface area contributed by atoms with Gasteiger partial charge in [-0.05, 0) is 17.7 Å². The Hall–Kier alpha value is -1.51. The van der Waals surface area contributed by atoms with Crippen LogP contribution in [0.5, 0.6) is 0 Å². The van der Waals surface area contributed by atoms with E-state index >= 15 is 0 Å². The van der Waals surface area contributed by atoms with Gasteiger partial charge >= 0.3 is 0 Å². The zero-order chi connectivity index (χ0) is 11.4. The van der Waals surface area contributed by atoms with Gasteiger partial charge in [-0.2, -0.15) is 5.26 Å². The van der Waals surface area contributed by atoms with Crippen molar-refractivity contribution in [3.05, 3.63) is 34.9 Å². The van der Waals surface area contributed by atoms with E-state index in [4.69, 9.17) is 15.5 Å². The van der Waals surface area contributed by atoms with Crippen molar-refractivity contribution in [2.75, 3.05) is 6.61 Å². The molecule has 3 nitrogen and oxygen atoms in total. The third-order valence-corrected chi connectivity index (χ3v) is 1.90. The first-order valence-electron chi connectivity index (χ1n) is 4.25. The van der Waals surface area contributed by atoms with Crippen molar-refractivity contribution in [2.24, 2.45) is 0 Å². The normalized spacial score (nSPS) is 12.2. The lowest BCUT2D eigenvalue weighted by atomic mass is 10.1. The van der Waals surface area contributed by atoms with Crippen LogP contribution in [0.4, 0.5) is 8.78 Å². The van der Waals surface area contributed by atoms with Crippen molar-refractivity contribution in [1.82, 2.24) is 0 Å². The van der Waals surface area contributed by atoms with Gasteiger partial charge in [0.05, 0.1) is 12.7 Å². The summed E-state index contributed by atoms with van der Waals surface area (Å²) in [7, 11) is 0. The summed E-state index contributed by atoms with van der Waals surface area (Å²) in [6.45, 7) is -0.483. The number of aliphatic hydroxyl groups excluding tert-OH is 2. The van der Waals surface area contributed by atoms with E-state index in [9.17, 15) is 8.78 Å². The maximum atomic E-state index is 13.1. The van der Waals surface area contributed by atoms with E-state index in [0.717, 1.165) is 12.1 Å². The highest BCUT2D eigenvalue weighted by atomic mass is 19.1. The van der Waals surface area contributed by atoms with Gasteiger partial charge in [-0.3, -0.25) is 0 Å². The molecule has 1 unspecified atom stereocenters. The van der Waals surface area contributed by atoms with E-state index in [1.165, 1.54) is 6.07 Å². The molecule has 0 aromatic heterocycles. The maximum absolute atomic E-state index is 13.1. The van der Waals surface area contributed by atoms with Crippen LogP contribution in [0.25, 0.3) is 0 Å². The van der Waals surface area contributed by atoms with Crippen molar-refractivity contribution in [1.29, 1.82) is 5.26 Å². The second kappa shape index (κ2) is 4.82. The third kappa shape index (κ3) is 2.72. The lowest BCUT2D eigenvalue weighted by Gasteiger charge is -2.07. The first-order valence-corrected chi connectivity index (χ1v) is 4.25. The molecule has 1 atom stereocenters. The van der Waals surface area contributed by atoms with Crippen LogP contribution in [-0.2, 0) is 6.42 Å². The Balaban J connectivity index is 3.00. The van der Waals surface area contributed by atoms with E-state index in [1.54, 1.807) is 0 Å². The summed E-state index contributed by atoms with van der Waals surface area (Å²) >= 11 is 0. The summed E-state index contributed by atoms with van der Waals surface area (Å²) in [4.78, 5) is 0. The molecule has 1 rings (SSSR count). The molecule has 1 aromatic carbocycles. The van der Waals surface area contributed by atoms with E-state index in [0.29, 0.717) is 0 Å². The molecule has 0 bridgehead atoms. The Labute approximate surface area is 85.2 Å². The number of hydrogen-bond acceptors (Lipinski definition) is 3. The minimum absolute atomic E-state index is 0.0595. The van der Waals surface area contributed by atoms with Crippen LogP contribution in [0.15, 0.2) is 12.1 Å². The van der Waals surface area contributed by atoms with Crippen molar-refractivity contribution < 1.29 is 19.0 Å². The number of hydrogen-bond donors (Lipinski definition) is 2. The molecule has 1 aromatic rings. The number of halogens is 2. The third-order valence-electron chi connectivity index (χ3n) is 1.90. The van der Waals surface area contributed by atoms with Gasteiger partial charge in [0.2, 0.25) is 0 Å². The first kappa shape index (κ1) is 11.6. The molecule has 5 heteroatoms. The lowest BCUT2D eigenvalue weighted by Crippen LogP contribution is -2.15. The van der Waals surface area contributed by atoms with Crippen molar-refractivity contribution in [3.63, 3.8) is 0 Å². The van der Waals surface area contributed by atoms with Crippen LogP contribution in [0.1, 0.15) is 11.1 Å². The Morgan fingerprint density at radius 1 is 1.33 bits per heavy atom. The highest BCUT2D eigenvalue weighted by Crippen LogP contribution is 2.15. The lowest BCUT2D eigenvalue weighted by molar-refractivity contribution is 0.0954. The average molecular weight is 213 g/mol.